The van der Waals surface area contributed by atoms with Crippen molar-refractivity contribution in [3.8, 4) is 0 Å². The fraction of sp³-hybridized carbons (Fsp3) is 0.900. The third kappa shape index (κ3) is 4.15. The minimum atomic E-state index is -0.239. The Hall–Kier alpha value is -1.18. The molecule has 0 bridgehead atoms. The summed E-state index contributed by atoms with van der Waals surface area (Å²) >= 11 is 0. The molecule has 0 aromatic carbocycles. The Balaban J connectivity index is 1.63. The van der Waals surface area contributed by atoms with Gasteiger partial charge < -0.3 is 19.1 Å². The van der Waals surface area contributed by atoms with E-state index in [-0.39, 0.29) is 11.2 Å². The molecule has 7 heteroatoms. The van der Waals surface area contributed by atoms with Gasteiger partial charge in [0.2, 0.25) is 5.95 Å². The Morgan fingerprint density at radius 3 is 2.67 bits per heavy atom. The summed E-state index contributed by atoms with van der Waals surface area (Å²) in [5.74, 6) is 3.17. The van der Waals surface area contributed by atoms with Crippen molar-refractivity contribution in [3.05, 3.63) is 5.82 Å². The highest BCUT2D eigenvalue weighted by molar-refractivity contribution is 5.35. The molecule has 3 aliphatic heterocycles. The fourth-order valence-electron chi connectivity index (χ4n) is 4.70. The van der Waals surface area contributed by atoms with E-state index < -0.39 is 0 Å². The average Bonchev–Trinajstić information content (AvgIpc) is 3.29. The van der Waals surface area contributed by atoms with Crippen LogP contribution in [0, 0.1) is 11.8 Å². The van der Waals surface area contributed by atoms with Gasteiger partial charge in [0.05, 0.1) is 25.4 Å². The zero-order valence-electron chi connectivity index (χ0n) is 17.2. The van der Waals surface area contributed by atoms with Gasteiger partial charge in [0.1, 0.15) is 11.4 Å². The van der Waals surface area contributed by atoms with Crippen molar-refractivity contribution in [2.24, 2.45) is 11.8 Å². The smallest absolute Gasteiger partial charge is 0.227 e. The SMILES string of the molecule is CC(C)Cc1nnc(N2CC(C)(C)OC3(CCOC3)C2)n1CC1CCOC1. The van der Waals surface area contributed by atoms with Gasteiger partial charge >= 0.3 is 0 Å². The summed E-state index contributed by atoms with van der Waals surface area (Å²) in [7, 11) is 0. The van der Waals surface area contributed by atoms with Crippen LogP contribution in [-0.2, 0) is 27.2 Å². The van der Waals surface area contributed by atoms with E-state index in [2.05, 4.69) is 47.4 Å². The summed E-state index contributed by atoms with van der Waals surface area (Å²) in [5.41, 5.74) is -0.468. The Bertz CT molecular complexity index is 646. The molecule has 1 aromatic rings. The topological polar surface area (TPSA) is 61.6 Å². The van der Waals surface area contributed by atoms with Crippen LogP contribution in [0.1, 0.15) is 46.4 Å². The van der Waals surface area contributed by atoms with Crippen LogP contribution in [0.5, 0.6) is 0 Å². The molecule has 0 saturated carbocycles. The number of anilines is 1. The number of morpholine rings is 1. The van der Waals surface area contributed by atoms with Gasteiger partial charge in [-0.15, -0.1) is 10.2 Å². The van der Waals surface area contributed by atoms with Crippen LogP contribution in [0.3, 0.4) is 0 Å². The quantitative estimate of drug-likeness (QED) is 0.783. The number of hydrogen-bond acceptors (Lipinski definition) is 6. The Labute approximate surface area is 162 Å². The second-order valence-electron chi connectivity index (χ2n) is 9.56. The maximum absolute atomic E-state index is 6.47. The molecule has 4 heterocycles. The van der Waals surface area contributed by atoms with Crippen molar-refractivity contribution < 1.29 is 14.2 Å². The first kappa shape index (κ1) is 19.2. The van der Waals surface area contributed by atoms with Gasteiger partial charge in [-0.25, -0.2) is 0 Å². The minimum Gasteiger partial charge on any atom is -0.381 e. The molecule has 3 saturated heterocycles. The predicted molar refractivity (Wildman–Crippen MR) is 103 cm³/mol. The molecular formula is C20H34N4O3. The monoisotopic (exact) mass is 378 g/mol. The Morgan fingerprint density at radius 2 is 2.00 bits per heavy atom. The third-order valence-corrected chi connectivity index (χ3v) is 5.76. The summed E-state index contributed by atoms with van der Waals surface area (Å²) in [4.78, 5) is 2.38. The highest BCUT2D eigenvalue weighted by atomic mass is 16.6. The molecule has 3 fully saturated rings. The molecule has 2 atom stereocenters. The minimum absolute atomic E-state index is 0.229. The van der Waals surface area contributed by atoms with Crippen LogP contribution in [-0.4, -0.2) is 65.5 Å². The van der Waals surface area contributed by atoms with Crippen LogP contribution < -0.4 is 4.90 Å². The predicted octanol–water partition coefficient (Wildman–Crippen LogP) is 2.29. The van der Waals surface area contributed by atoms with Crippen LogP contribution in [0.4, 0.5) is 5.95 Å². The normalized spacial score (nSPS) is 30.7. The summed E-state index contributed by atoms with van der Waals surface area (Å²) in [6.07, 6.45) is 3.00. The molecule has 27 heavy (non-hydrogen) atoms. The standard InChI is InChI=1S/C20H34N4O3/c1-15(2)9-17-21-22-18(24(17)10-16-5-7-25-11-16)23-12-19(3,4)27-20(13-23)6-8-26-14-20/h15-16H,5-14H2,1-4H3. The van der Waals surface area contributed by atoms with E-state index in [0.29, 0.717) is 18.4 Å². The van der Waals surface area contributed by atoms with E-state index in [4.69, 9.17) is 14.2 Å². The van der Waals surface area contributed by atoms with E-state index in [0.717, 1.165) is 70.5 Å². The number of nitrogens with zero attached hydrogens (tertiary/aromatic N) is 4. The van der Waals surface area contributed by atoms with Crippen molar-refractivity contribution in [2.75, 3.05) is 44.4 Å². The lowest BCUT2D eigenvalue weighted by Crippen LogP contribution is -2.60. The van der Waals surface area contributed by atoms with Gasteiger partial charge in [-0.05, 0) is 26.2 Å². The first-order valence-corrected chi connectivity index (χ1v) is 10.4. The van der Waals surface area contributed by atoms with E-state index in [1.165, 1.54) is 0 Å². The van der Waals surface area contributed by atoms with Crippen molar-refractivity contribution in [1.29, 1.82) is 0 Å². The summed E-state index contributed by atoms with van der Waals surface area (Å²) in [5, 5.41) is 9.25. The van der Waals surface area contributed by atoms with E-state index in [1.807, 2.05) is 0 Å². The molecule has 152 valence electrons. The van der Waals surface area contributed by atoms with Crippen molar-refractivity contribution in [1.82, 2.24) is 14.8 Å². The first-order valence-electron chi connectivity index (χ1n) is 10.4. The van der Waals surface area contributed by atoms with Gasteiger partial charge in [0, 0.05) is 45.1 Å². The average molecular weight is 379 g/mol. The van der Waals surface area contributed by atoms with Crippen molar-refractivity contribution >= 4 is 5.95 Å². The molecule has 0 N–H and O–H groups in total. The lowest BCUT2D eigenvalue weighted by Gasteiger charge is -2.48. The first-order chi connectivity index (χ1) is 12.9. The summed E-state index contributed by atoms with van der Waals surface area (Å²) < 4.78 is 20.1. The second-order valence-corrected chi connectivity index (χ2v) is 9.56. The molecule has 0 aliphatic carbocycles. The van der Waals surface area contributed by atoms with Gasteiger partial charge in [-0.2, -0.15) is 0 Å². The molecule has 1 spiro atoms. The second kappa shape index (κ2) is 7.33. The number of ether oxygens (including phenoxy) is 3. The highest BCUT2D eigenvalue weighted by Gasteiger charge is 2.48. The maximum atomic E-state index is 6.47. The number of rotatable bonds is 5. The van der Waals surface area contributed by atoms with Crippen LogP contribution >= 0.6 is 0 Å². The van der Waals surface area contributed by atoms with Crippen LogP contribution in [0.2, 0.25) is 0 Å². The van der Waals surface area contributed by atoms with Crippen LogP contribution in [0.25, 0.3) is 0 Å². The zero-order valence-corrected chi connectivity index (χ0v) is 17.2. The van der Waals surface area contributed by atoms with Gasteiger partial charge in [-0.1, -0.05) is 13.8 Å². The van der Waals surface area contributed by atoms with Crippen LogP contribution in [0.15, 0.2) is 0 Å². The molecule has 0 radical (unpaired) electrons. The van der Waals surface area contributed by atoms with Gasteiger partial charge in [0.25, 0.3) is 0 Å². The van der Waals surface area contributed by atoms with E-state index >= 15 is 0 Å². The zero-order chi connectivity index (χ0) is 19.1. The van der Waals surface area contributed by atoms with E-state index in [1.54, 1.807) is 0 Å². The molecule has 3 aliphatic rings. The van der Waals surface area contributed by atoms with Gasteiger partial charge in [0.15, 0.2) is 0 Å². The summed E-state index contributed by atoms with van der Waals surface area (Å²) in [6, 6.07) is 0. The van der Waals surface area contributed by atoms with Crippen molar-refractivity contribution in [3.63, 3.8) is 0 Å². The molecular weight excluding hydrogens is 344 g/mol. The highest BCUT2D eigenvalue weighted by Crippen LogP contribution is 2.36. The lowest BCUT2D eigenvalue weighted by molar-refractivity contribution is -0.151. The van der Waals surface area contributed by atoms with E-state index in [9.17, 15) is 0 Å². The molecule has 4 rings (SSSR count). The molecule has 0 amide bonds. The Kier molecular flexibility index (Phi) is 5.20. The van der Waals surface area contributed by atoms with Gasteiger partial charge in [-0.3, -0.25) is 4.57 Å². The number of aromatic nitrogens is 3. The largest absolute Gasteiger partial charge is 0.381 e. The summed E-state index contributed by atoms with van der Waals surface area (Å²) in [6.45, 7) is 14.5. The van der Waals surface area contributed by atoms with Crippen molar-refractivity contribution in [2.45, 2.75) is 64.7 Å². The molecule has 7 nitrogen and oxygen atoms in total. The third-order valence-electron chi connectivity index (χ3n) is 5.76. The molecule has 2 unspecified atom stereocenters. The maximum Gasteiger partial charge on any atom is 0.227 e. The lowest BCUT2D eigenvalue weighted by atomic mass is 9.95. The Morgan fingerprint density at radius 1 is 1.15 bits per heavy atom. The fourth-order valence-corrected chi connectivity index (χ4v) is 4.70. The number of hydrogen-bond donors (Lipinski definition) is 0. The molecule has 1 aromatic heterocycles.